The Balaban J connectivity index is 1.46. The molecule has 1 aromatic heterocycles. The number of ether oxygens (including phenoxy) is 1. The molecule has 2 heterocycles. The molecule has 2 fully saturated rings. The van der Waals surface area contributed by atoms with E-state index in [1.54, 1.807) is 33.6 Å². The summed E-state index contributed by atoms with van der Waals surface area (Å²) in [4.78, 5) is 55.9. The topological polar surface area (TPSA) is 124 Å². The predicted octanol–water partition coefficient (Wildman–Crippen LogP) is 2.77. The van der Waals surface area contributed by atoms with Crippen LogP contribution in [-0.2, 0) is 20.9 Å². The summed E-state index contributed by atoms with van der Waals surface area (Å²) in [7, 11) is 2.89. The maximum absolute atomic E-state index is 14.0. The van der Waals surface area contributed by atoms with Crippen LogP contribution in [-0.4, -0.2) is 107 Å². The zero-order valence-electron chi connectivity index (χ0n) is 24.0. The minimum Gasteiger partial charge on any atom is -0.465 e. The van der Waals surface area contributed by atoms with Gasteiger partial charge in [-0.05, 0) is 49.9 Å². The SMILES string of the molecule is COCCn1c(C(=O)N2CCN(C(=O)C(NC(=O)C(C)N(C)C(=O)O)C3CCCCC3)CC2)cc2ccc(F)cc21. The number of amides is 4. The van der Waals surface area contributed by atoms with Gasteiger partial charge >= 0.3 is 6.09 Å². The highest BCUT2D eigenvalue weighted by Gasteiger charge is 2.37. The van der Waals surface area contributed by atoms with Gasteiger partial charge in [-0.25, -0.2) is 9.18 Å². The molecule has 1 saturated heterocycles. The number of carbonyl (C=O) groups excluding carboxylic acids is 3. The molecule has 0 radical (unpaired) electrons. The van der Waals surface area contributed by atoms with Crippen molar-refractivity contribution in [2.24, 2.45) is 5.92 Å². The Bertz CT molecular complexity index is 1270. The van der Waals surface area contributed by atoms with Crippen LogP contribution < -0.4 is 5.32 Å². The Morgan fingerprint density at radius 3 is 2.37 bits per heavy atom. The van der Waals surface area contributed by atoms with Crippen LogP contribution in [0.25, 0.3) is 10.9 Å². The summed E-state index contributed by atoms with van der Waals surface area (Å²) in [6.07, 6.45) is 3.42. The van der Waals surface area contributed by atoms with E-state index >= 15 is 0 Å². The fourth-order valence-electron chi connectivity index (χ4n) is 5.78. The number of halogens is 1. The molecule has 41 heavy (non-hydrogen) atoms. The van der Waals surface area contributed by atoms with Crippen molar-refractivity contribution in [3.05, 3.63) is 35.8 Å². The van der Waals surface area contributed by atoms with Crippen LogP contribution in [0.5, 0.6) is 0 Å². The Labute approximate surface area is 239 Å². The van der Waals surface area contributed by atoms with E-state index in [2.05, 4.69) is 5.32 Å². The molecule has 12 heteroatoms. The molecule has 2 N–H and O–H groups in total. The smallest absolute Gasteiger partial charge is 0.407 e. The molecule has 2 aliphatic rings. The van der Waals surface area contributed by atoms with Crippen molar-refractivity contribution in [3.63, 3.8) is 0 Å². The first kappa shape index (κ1) is 30.3. The average Bonchev–Trinajstić information content (AvgIpc) is 3.34. The molecule has 1 saturated carbocycles. The molecule has 2 unspecified atom stereocenters. The second-order valence-corrected chi connectivity index (χ2v) is 10.9. The lowest BCUT2D eigenvalue weighted by Gasteiger charge is -2.39. The Morgan fingerprint density at radius 2 is 1.73 bits per heavy atom. The summed E-state index contributed by atoms with van der Waals surface area (Å²) < 4.78 is 21.0. The Morgan fingerprint density at radius 1 is 1.07 bits per heavy atom. The lowest BCUT2D eigenvalue weighted by Crippen LogP contribution is -2.59. The number of rotatable bonds is 9. The van der Waals surface area contributed by atoms with Gasteiger partial charge in [0, 0.05) is 52.3 Å². The molecular formula is C29H40FN5O6. The summed E-state index contributed by atoms with van der Waals surface area (Å²) in [5.41, 5.74) is 1.05. The van der Waals surface area contributed by atoms with Crippen LogP contribution in [0.1, 0.15) is 49.5 Å². The van der Waals surface area contributed by atoms with E-state index in [4.69, 9.17) is 4.74 Å². The highest BCUT2D eigenvalue weighted by atomic mass is 19.1. The van der Waals surface area contributed by atoms with Crippen LogP contribution >= 0.6 is 0 Å². The van der Waals surface area contributed by atoms with Gasteiger partial charge in [0.25, 0.3) is 5.91 Å². The Hall–Kier alpha value is -3.67. The summed E-state index contributed by atoms with van der Waals surface area (Å²) in [6, 6.07) is 4.49. The highest BCUT2D eigenvalue weighted by molar-refractivity contribution is 5.99. The molecule has 4 amide bonds. The van der Waals surface area contributed by atoms with Crippen LogP contribution in [0.2, 0.25) is 0 Å². The molecule has 0 spiro atoms. The second-order valence-electron chi connectivity index (χ2n) is 10.9. The number of piperazine rings is 1. The van der Waals surface area contributed by atoms with Gasteiger partial charge in [0.1, 0.15) is 23.6 Å². The van der Waals surface area contributed by atoms with E-state index in [0.29, 0.717) is 50.5 Å². The molecule has 1 aromatic carbocycles. The van der Waals surface area contributed by atoms with E-state index < -0.39 is 24.1 Å². The van der Waals surface area contributed by atoms with Crippen molar-refractivity contribution in [2.75, 3.05) is 46.9 Å². The minimum absolute atomic E-state index is 0.0286. The van der Waals surface area contributed by atoms with Crippen molar-refractivity contribution in [1.82, 2.24) is 24.6 Å². The summed E-state index contributed by atoms with van der Waals surface area (Å²) in [5, 5.41) is 12.9. The van der Waals surface area contributed by atoms with Crippen LogP contribution in [0.15, 0.2) is 24.3 Å². The minimum atomic E-state index is -1.22. The lowest BCUT2D eigenvalue weighted by atomic mass is 9.83. The quantitative estimate of drug-likeness (QED) is 0.476. The van der Waals surface area contributed by atoms with Crippen molar-refractivity contribution in [3.8, 4) is 0 Å². The van der Waals surface area contributed by atoms with Gasteiger partial charge in [-0.1, -0.05) is 19.3 Å². The first-order valence-electron chi connectivity index (χ1n) is 14.2. The van der Waals surface area contributed by atoms with Gasteiger partial charge in [-0.3, -0.25) is 19.3 Å². The van der Waals surface area contributed by atoms with E-state index in [1.165, 1.54) is 26.1 Å². The zero-order valence-corrected chi connectivity index (χ0v) is 24.0. The number of carbonyl (C=O) groups is 4. The fraction of sp³-hybridized carbons (Fsp3) is 0.586. The van der Waals surface area contributed by atoms with E-state index in [1.807, 2.05) is 0 Å². The molecule has 4 rings (SSSR count). The standard InChI is InChI=1S/C29H40FN5O6/c1-19(32(2)29(39)40)26(36)31-25(20-7-5-4-6-8-20)28(38)34-13-11-33(12-14-34)27(37)24-17-21-9-10-22(30)18-23(21)35(24)15-16-41-3/h9-10,17-20,25H,4-8,11-16H2,1-3H3,(H,31,36)(H,39,40). The van der Waals surface area contributed by atoms with Crippen LogP contribution in [0.3, 0.4) is 0 Å². The number of nitrogens with one attached hydrogen (secondary N) is 1. The van der Waals surface area contributed by atoms with E-state index in [0.717, 1.165) is 42.4 Å². The third-order valence-corrected chi connectivity index (χ3v) is 8.43. The second kappa shape index (κ2) is 13.3. The molecule has 0 bridgehead atoms. The third-order valence-electron chi connectivity index (χ3n) is 8.43. The highest BCUT2D eigenvalue weighted by Crippen LogP contribution is 2.28. The molecule has 1 aliphatic carbocycles. The maximum Gasteiger partial charge on any atom is 0.407 e. The number of hydrogen-bond donors (Lipinski definition) is 2. The van der Waals surface area contributed by atoms with Crippen molar-refractivity contribution in [2.45, 2.75) is 57.7 Å². The van der Waals surface area contributed by atoms with Crippen molar-refractivity contribution in [1.29, 1.82) is 0 Å². The van der Waals surface area contributed by atoms with Gasteiger partial charge in [-0.2, -0.15) is 0 Å². The van der Waals surface area contributed by atoms with Crippen molar-refractivity contribution >= 4 is 34.7 Å². The first-order chi connectivity index (χ1) is 19.6. The fourth-order valence-corrected chi connectivity index (χ4v) is 5.78. The van der Waals surface area contributed by atoms with Gasteiger partial charge in [0.2, 0.25) is 11.8 Å². The molecule has 2 aromatic rings. The van der Waals surface area contributed by atoms with Gasteiger partial charge in [-0.15, -0.1) is 0 Å². The van der Waals surface area contributed by atoms with Gasteiger partial charge in [0.05, 0.1) is 12.1 Å². The molecule has 11 nitrogen and oxygen atoms in total. The number of likely N-dealkylation sites (N-methyl/N-ethyl adjacent to an activating group) is 1. The monoisotopic (exact) mass is 573 g/mol. The maximum atomic E-state index is 14.0. The lowest BCUT2D eigenvalue weighted by molar-refractivity contribution is -0.140. The third kappa shape index (κ3) is 6.80. The zero-order chi connectivity index (χ0) is 29.7. The largest absolute Gasteiger partial charge is 0.465 e. The molecule has 224 valence electrons. The summed E-state index contributed by atoms with van der Waals surface area (Å²) >= 11 is 0. The number of methoxy groups -OCH3 is 1. The van der Waals surface area contributed by atoms with E-state index in [9.17, 15) is 28.7 Å². The van der Waals surface area contributed by atoms with Crippen LogP contribution in [0, 0.1) is 11.7 Å². The first-order valence-corrected chi connectivity index (χ1v) is 14.2. The van der Waals surface area contributed by atoms with Gasteiger partial charge < -0.3 is 29.5 Å². The average molecular weight is 574 g/mol. The predicted molar refractivity (Wildman–Crippen MR) is 150 cm³/mol. The van der Waals surface area contributed by atoms with Gasteiger partial charge in [0.15, 0.2) is 0 Å². The molecular weight excluding hydrogens is 533 g/mol. The summed E-state index contributed by atoms with van der Waals surface area (Å²) in [6.45, 7) is 3.49. The molecule has 2 atom stereocenters. The Kier molecular flexibility index (Phi) is 9.85. The number of aromatic nitrogens is 1. The number of hydrogen-bond acceptors (Lipinski definition) is 5. The van der Waals surface area contributed by atoms with E-state index in [-0.39, 0.29) is 23.5 Å². The normalized spacial score (nSPS) is 17.8. The number of benzene rings is 1. The number of nitrogens with zero attached hydrogens (tertiary/aromatic N) is 4. The van der Waals surface area contributed by atoms with Crippen molar-refractivity contribution < 1.29 is 33.4 Å². The number of carboxylic acid groups (broad SMARTS) is 1. The molecule has 1 aliphatic heterocycles. The summed E-state index contributed by atoms with van der Waals surface area (Å²) in [5.74, 6) is -1.32. The van der Waals surface area contributed by atoms with Crippen LogP contribution in [0.4, 0.5) is 9.18 Å². The number of fused-ring (bicyclic) bond motifs is 1.